The standard InChI is InChI=1S/C26H33BrClN3O4/c27-22-3-6-24(35-19-20-1-4-23(28)5-2-20)21(17-22)18-30-9-7-26(34,8-10-30)25(33)31-13-11-29(12-14-31)15-16-32/h1-6,17,32,34H,7-16,18-19H2. The lowest BCUT2D eigenvalue weighted by Crippen LogP contribution is -2.58. The maximum Gasteiger partial charge on any atom is 0.254 e. The summed E-state index contributed by atoms with van der Waals surface area (Å²) in [4.78, 5) is 19.3. The second-order valence-corrected chi connectivity index (χ2v) is 10.7. The van der Waals surface area contributed by atoms with Crippen LogP contribution in [0.4, 0.5) is 0 Å². The molecule has 2 aliphatic rings. The van der Waals surface area contributed by atoms with Gasteiger partial charge in [0.2, 0.25) is 0 Å². The number of rotatable bonds is 8. The first-order valence-corrected chi connectivity index (χ1v) is 13.3. The van der Waals surface area contributed by atoms with Crippen LogP contribution in [0.5, 0.6) is 5.75 Å². The molecule has 0 spiro atoms. The molecule has 2 aliphatic heterocycles. The van der Waals surface area contributed by atoms with Crippen molar-refractivity contribution in [1.29, 1.82) is 0 Å². The molecule has 4 rings (SSSR count). The highest BCUT2D eigenvalue weighted by Gasteiger charge is 2.42. The highest BCUT2D eigenvalue weighted by atomic mass is 79.9. The van der Waals surface area contributed by atoms with E-state index in [2.05, 4.69) is 31.8 Å². The molecule has 0 saturated carbocycles. The SMILES string of the molecule is O=C(N1CCN(CCO)CC1)C1(O)CCN(Cc2cc(Br)ccc2OCc2ccc(Cl)cc2)CC1. The average molecular weight is 567 g/mol. The first kappa shape index (κ1) is 26.4. The molecule has 190 valence electrons. The van der Waals surface area contributed by atoms with E-state index in [4.69, 9.17) is 21.4 Å². The molecule has 0 aliphatic carbocycles. The van der Waals surface area contributed by atoms with E-state index in [-0.39, 0.29) is 12.5 Å². The van der Waals surface area contributed by atoms with Crippen LogP contribution in [0.3, 0.4) is 0 Å². The number of piperidine rings is 1. The first-order chi connectivity index (χ1) is 16.9. The summed E-state index contributed by atoms with van der Waals surface area (Å²) in [6.45, 7) is 5.81. The third-order valence-corrected chi connectivity index (χ3v) is 7.63. The Labute approximate surface area is 220 Å². The molecule has 1 amide bonds. The van der Waals surface area contributed by atoms with Crippen LogP contribution < -0.4 is 4.74 Å². The van der Waals surface area contributed by atoms with E-state index in [0.717, 1.165) is 34.4 Å². The summed E-state index contributed by atoms with van der Waals surface area (Å²) in [6, 6.07) is 13.6. The van der Waals surface area contributed by atoms with Gasteiger partial charge in [-0.25, -0.2) is 0 Å². The van der Waals surface area contributed by atoms with Crippen LogP contribution in [-0.2, 0) is 17.9 Å². The first-order valence-electron chi connectivity index (χ1n) is 12.1. The normalized spacial score (nSPS) is 19.0. The third-order valence-electron chi connectivity index (χ3n) is 6.88. The zero-order valence-corrected chi connectivity index (χ0v) is 22.2. The molecule has 2 fully saturated rings. The van der Waals surface area contributed by atoms with Gasteiger partial charge in [0.25, 0.3) is 5.91 Å². The fraction of sp³-hybridized carbons (Fsp3) is 0.500. The van der Waals surface area contributed by atoms with Gasteiger partial charge in [0, 0.05) is 67.4 Å². The van der Waals surface area contributed by atoms with Gasteiger partial charge in [-0.05, 0) is 48.7 Å². The van der Waals surface area contributed by atoms with E-state index in [1.54, 1.807) is 4.90 Å². The number of aliphatic hydroxyl groups is 2. The minimum Gasteiger partial charge on any atom is -0.489 e. The predicted molar refractivity (Wildman–Crippen MR) is 139 cm³/mol. The number of ether oxygens (including phenoxy) is 1. The van der Waals surface area contributed by atoms with Gasteiger partial charge in [0.05, 0.1) is 6.61 Å². The second-order valence-electron chi connectivity index (χ2n) is 9.33. The van der Waals surface area contributed by atoms with Gasteiger partial charge in [-0.3, -0.25) is 14.6 Å². The third kappa shape index (κ3) is 6.96. The average Bonchev–Trinajstić information content (AvgIpc) is 2.86. The Morgan fingerprint density at radius 3 is 2.34 bits per heavy atom. The van der Waals surface area contributed by atoms with Crippen molar-refractivity contribution in [3.8, 4) is 5.75 Å². The number of β-amino-alcohol motifs (C(OH)–C–C–N with tert-alkyl or cyclic N) is 1. The number of carbonyl (C=O) groups is 1. The molecular weight excluding hydrogens is 534 g/mol. The van der Waals surface area contributed by atoms with Crippen molar-refractivity contribution in [2.24, 2.45) is 0 Å². The lowest BCUT2D eigenvalue weighted by Gasteiger charge is -2.42. The molecule has 2 N–H and O–H groups in total. The van der Waals surface area contributed by atoms with Gasteiger partial charge in [-0.1, -0.05) is 39.7 Å². The number of hydrogen-bond acceptors (Lipinski definition) is 6. The Morgan fingerprint density at radius 1 is 1.00 bits per heavy atom. The molecule has 2 aromatic carbocycles. The zero-order valence-electron chi connectivity index (χ0n) is 19.8. The molecule has 2 heterocycles. The fourth-order valence-electron chi connectivity index (χ4n) is 4.70. The van der Waals surface area contributed by atoms with Crippen molar-refractivity contribution < 1.29 is 19.7 Å². The van der Waals surface area contributed by atoms with Crippen LogP contribution in [-0.4, -0.2) is 88.8 Å². The van der Waals surface area contributed by atoms with E-state index >= 15 is 0 Å². The molecule has 0 atom stereocenters. The van der Waals surface area contributed by atoms with E-state index < -0.39 is 5.60 Å². The van der Waals surface area contributed by atoms with Crippen molar-refractivity contribution in [2.75, 3.05) is 52.4 Å². The van der Waals surface area contributed by atoms with Gasteiger partial charge in [-0.15, -0.1) is 0 Å². The van der Waals surface area contributed by atoms with E-state index in [1.165, 1.54) is 0 Å². The smallest absolute Gasteiger partial charge is 0.254 e. The molecule has 7 nitrogen and oxygen atoms in total. The Hall–Kier alpha value is -1.68. The monoisotopic (exact) mass is 565 g/mol. The van der Waals surface area contributed by atoms with Crippen LogP contribution in [0, 0.1) is 0 Å². The summed E-state index contributed by atoms with van der Waals surface area (Å²) in [5.41, 5.74) is 0.799. The summed E-state index contributed by atoms with van der Waals surface area (Å²) < 4.78 is 7.11. The molecule has 0 aromatic heterocycles. The van der Waals surface area contributed by atoms with Crippen LogP contribution in [0.25, 0.3) is 0 Å². The Kier molecular flexibility index (Phi) is 9.07. The van der Waals surface area contributed by atoms with Gasteiger partial charge in [0.1, 0.15) is 18.0 Å². The Morgan fingerprint density at radius 2 is 1.69 bits per heavy atom. The summed E-state index contributed by atoms with van der Waals surface area (Å²) in [7, 11) is 0. The van der Waals surface area contributed by atoms with Crippen molar-refractivity contribution in [1.82, 2.24) is 14.7 Å². The summed E-state index contributed by atoms with van der Waals surface area (Å²) in [5.74, 6) is 0.663. The lowest BCUT2D eigenvalue weighted by molar-refractivity contribution is -0.158. The molecule has 35 heavy (non-hydrogen) atoms. The van der Waals surface area contributed by atoms with Crippen LogP contribution in [0.15, 0.2) is 46.9 Å². The molecule has 0 radical (unpaired) electrons. The number of likely N-dealkylation sites (tertiary alicyclic amines) is 1. The van der Waals surface area contributed by atoms with E-state index in [0.29, 0.717) is 63.7 Å². The number of benzene rings is 2. The fourth-order valence-corrected chi connectivity index (χ4v) is 5.23. The van der Waals surface area contributed by atoms with Crippen molar-refractivity contribution >= 4 is 33.4 Å². The number of amides is 1. The molecule has 9 heteroatoms. The number of carbonyl (C=O) groups excluding carboxylic acids is 1. The minimum atomic E-state index is -1.30. The van der Waals surface area contributed by atoms with Crippen molar-refractivity contribution in [3.05, 3.63) is 63.1 Å². The maximum absolute atomic E-state index is 13.1. The summed E-state index contributed by atoms with van der Waals surface area (Å²) >= 11 is 9.54. The number of halogens is 2. The second kappa shape index (κ2) is 12.0. The van der Waals surface area contributed by atoms with E-state index in [1.807, 2.05) is 36.4 Å². The molecule has 2 saturated heterocycles. The molecule has 0 bridgehead atoms. The van der Waals surface area contributed by atoms with Crippen LogP contribution >= 0.6 is 27.5 Å². The lowest BCUT2D eigenvalue weighted by atomic mass is 9.89. The molecule has 2 aromatic rings. The number of nitrogens with zero attached hydrogens (tertiary/aromatic N) is 3. The highest BCUT2D eigenvalue weighted by Crippen LogP contribution is 2.30. The topological polar surface area (TPSA) is 76.5 Å². The Balaban J connectivity index is 1.32. The predicted octanol–water partition coefficient (Wildman–Crippen LogP) is 3.14. The van der Waals surface area contributed by atoms with Crippen molar-refractivity contribution in [3.63, 3.8) is 0 Å². The van der Waals surface area contributed by atoms with Gasteiger partial charge >= 0.3 is 0 Å². The quantitative estimate of drug-likeness (QED) is 0.511. The van der Waals surface area contributed by atoms with E-state index in [9.17, 15) is 9.90 Å². The zero-order chi connectivity index (χ0) is 24.8. The summed E-state index contributed by atoms with van der Waals surface area (Å²) in [6.07, 6.45) is 0.829. The largest absolute Gasteiger partial charge is 0.489 e. The number of piperazine rings is 1. The molecule has 0 unspecified atom stereocenters. The van der Waals surface area contributed by atoms with Crippen LogP contribution in [0.2, 0.25) is 5.02 Å². The van der Waals surface area contributed by atoms with Crippen LogP contribution in [0.1, 0.15) is 24.0 Å². The maximum atomic E-state index is 13.1. The highest BCUT2D eigenvalue weighted by molar-refractivity contribution is 9.10. The molecular formula is C26H33BrClN3O4. The summed E-state index contributed by atoms with van der Waals surface area (Å²) in [5, 5.41) is 21.0. The number of aliphatic hydroxyl groups excluding tert-OH is 1. The minimum absolute atomic E-state index is 0.125. The Bertz CT molecular complexity index is 991. The van der Waals surface area contributed by atoms with Crippen molar-refractivity contribution in [2.45, 2.75) is 31.6 Å². The van der Waals surface area contributed by atoms with Gasteiger partial charge in [0.15, 0.2) is 0 Å². The number of hydrogen-bond donors (Lipinski definition) is 2. The van der Waals surface area contributed by atoms with Gasteiger partial charge < -0.3 is 19.8 Å². The van der Waals surface area contributed by atoms with Gasteiger partial charge in [-0.2, -0.15) is 0 Å².